The molecule has 0 unspecified atom stereocenters. The van der Waals surface area contributed by atoms with Gasteiger partial charge in [-0.1, -0.05) is 23.9 Å². The largest absolute Gasteiger partial charge is 0.462 e. The van der Waals surface area contributed by atoms with E-state index in [-0.39, 0.29) is 30.9 Å². The molecule has 3 rings (SSSR count). The van der Waals surface area contributed by atoms with Crippen LogP contribution in [0, 0.1) is 0 Å². The first-order chi connectivity index (χ1) is 15.8. The predicted molar refractivity (Wildman–Crippen MR) is 139 cm³/mol. The van der Waals surface area contributed by atoms with E-state index in [1.54, 1.807) is 30.8 Å². The summed E-state index contributed by atoms with van der Waals surface area (Å²) in [6.07, 6.45) is 0.903. The summed E-state index contributed by atoms with van der Waals surface area (Å²) in [4.78, 5) is 28.9. The maximum absolute atomic E-state index is 12.4. The number of halogens is 1. The molecule has 2 aromatic carbocycles. The number of carbonyl (C=O) groups excluding carboxylic acids is 2. The van der Waals surface area contributed by atoms with E-state index in [1.807, 2.05) is 61.7 Å². The first kappa shape index (κ1) is 27.5. The van der Waals surface area contributed by atoms with Gasteiger partial charge in [0.1, 0.15) is 12.1 Å². The maximum atomic E-state index is 12.4. The summed E-state index contributed by atoms with van der Waals surface area (Å²) in [6, 6.07) is 15.1. The Morgan fingerprint density at radius 1 is 1.09 bits per heavy atom. The van der Waals surface area contributed by atoms with E-state index >= 15 is 0 Å². The minimum absolute atomic E-state index is 0. The molecule has 1 N–H and O–H groups in total. The molecule has 0 aliphatic rings. The average Bonchev–Trinajstić information content (AvgIpc) is 3.10. The van der Waals surface area contributed by atoms with Crippen LogP contribution in [-0.4, -0.2) is 46.0 Å². The number of fused-ring (bicyclic) bond motifs is 1. The molecule has 0 spiro atoms. The summed E-state index contributed by atoms with van der Waals surface area (Å²) in [5.74, 6) is 0.251. The van der Waals surface area contributed by atoms with Crippen LogP contribution < -0.4 is 5.32 Å². The number of thioether (sulfide) groups is 1. The van der Waals surface area contributed by atoms with Crippen LogP contribution in [0.5, 0.6) is 0 Å². The first-order valence-electron chi connectivity index (χ1n) is 11.1. The maximum Gasteiger partial charge on any atom is 0.338 e. The molecule has 3 aromatic rings. The lowest BCUT2D eigenvalue weighted by molar-refractivity contribution is -0.155. The molecule has 0 atom stereocenters. The number of nitrogens with one attached hydrogen (secondary N) is 1. The van der Waals surface area contributed by atoms with E-state index in [1.165, 1.54) is 0 Å². The zero-order chi connectivity index (χ0) is 23.8. The summed E-state index contributed by atoms with van der Waals surface area (Å²) < 4.78 is 12.4. The quantitative estimate of drug-likeness (QED) is 0.219. The number of carbonyl (C=O) groups is 2. The molecular formula is C25H32ClN3O4S. The van der Waals surface area contributed by atoms with Crippen LogP contribution in [0.2, 0.25) is 0 Å². The predicted octanol–water partition coefficient (Wildman–Crippen LogP) is 5.57. The average molecular weight is 506 g/mol. The number of hydrogen-bond acceptors (Lipinski definition) is 7. The lowest BCUT2D eigenvalue weighted by atomic mass is 10.2. The van der Waals surface area contributed by atoms with Crippen molar-refractivity contribution in [2.45, 2.75) is 51.4 Å². The molecular weight excluding hydrogens is 474 g/mol. The Balaban J connectivity index is 0.00000408. The molecule has 1 aromatic heterocycles. The van der Waals surface area contributed by atoms with Gasteiger partial charge in [-0.25, -0.2) is 9.78 Å². The van der Waals surface area contributed by atoms with Crippen LogP contribution in [0.25, 0.3) is 11.0 Å². The van der Waals surface area contributed by atoms with E-state index < -0.39 is 5.60 Å². The summed E-state index contributed by atoms with van der Waals surface area (Å²) in [5, 5.41) is 4.17. The Kier molecular flexibility index (Phi) is 10.3. The second-order valence-corrected chi connectivity index (χ2v) is 9.54. The van der Waals surface area contributed by atoms with E-state index in [9.17, 15) is 9.59 Å². The second kappa shape index (κ2) is 12.7. The van der Waals surface area contributed by atoms with Crippen molar-refractivity contribution in [3.05, 3.63) is 54.1 Å². The lowest BCUT2D eigenvalue weighted by Gasteiger charge is -2.20. The number of aromatic nitrogens is 2. The van der Waals surface area contributed by atoms with Crippen molar-refractivity contribution in [1.82, 2.24) is 9.55 Å². The van der Waals surface area contributed by atoms with Gasteiger partial charge in [-0.05, 0) is 70.5 Å². The normalized spacial score (nSPS) is 11.1. The molecule has 0 bridgehead atoms. The molecule has 0 radical (unpaired) electrons. The first-order valence-corrected chi connectivity index (χ1v) is 12.1. The van der Waals surface area contributed by atoms with Gasteiger partial charge in [-0.15, -0.1) is 12.4 Å². The van der Waals surface area contributed by atoms with Crippen molar-refractivity contribution in [3.8, 4) is 0 Å². The number of anilines is 1. The number of ether oxygens (including phenoxy) is 2. The van der Waals surface area contributed by atoms with Gasteiger partial charge in [0, 0.05) is 18.0 Å². The highest BCUT2D eigenvalue weighted by atomic mass is 35.5. The zero-order valence-electron chi connectivity index (χ0n) is 20.0. The van der Waals surface area contributed by atoms with Gasteiger partial charge < -0.3 is 19.4 Å². The minimum atomic E-state index is -0.527. The molecule has 184 valence electrons. The zero-order valence-corrected chi connectivity index (χ0v) is 21.6. The molecule has 0 saturated carbocycles. The summed E-state index contributed by atoms with van der Waals surface area (Å²) in [6.45, 7) is 8.65. The summed E-state index contributed by atoms with van der Waals surface area (Å²) in [7, 11) is 0. The highest BCUT2D eigenvalue weighted by molar-refractivity contribution is 7.99. The number of hydrogen-bond donors (Lipinski definition) is 1. The smallest absolute Gasteiger partial charge is 0.338 e. The Morgan fingerprint density at radius 2 is 1.79 bits per heavy atom. The number of esters is 2. The van der Waals surface area contributed by atoms with E-state index in [2.05, 4.69) is 5.32 Å². The van der Waals surface area contributed by atoms with Crippen molar-refractivity contribution in [3.63, 3.8) is 0 Å². The minimum Gasteiger partial charge on any atom is -0.462 e. The van der Waals surface area contributed by atoms with E-state index in [0.29, 0.717) is 12.2 Å². The lowest BCUT2D eigenvalue weighted by Crippen LogP contribution is -2.26. The van der Waals surface area contributed by atoms with Crippen LogP contribution in [0.4, 0.5) is 5.69 Å². The molecule has 0 fully saturated rings. The van der Waals surface area contributed by atoms with Gasteiger partial charge in [-0.3, -0.25) is 4.79 Å². The number of benzene rings is 2. The highest BCUT2D eigenvalue weighted by Gasteiger charge is 2.19. The molecule has 34 heavy (non-hydrogen) atoms. The summed E-state index contributed by atoms with van der Waals surface area (Å²) >= 11 is 1.62. The standard InChI is InChI=1S/C25H31N3O4S.ClH/c1-5-31-23(30)18-11-13-19(14-12-18)26-15-8-16-33-24-27-20-9-6-7-10-21(20)28(24)17-22(29)32-25(2,3)4;/h6-7,9-14,26H,5,8,15-17H2,1-4H3;1H. The molecule has 0 aliphatic carbocycles. The fourth-order valence-corrected chi connectivity index (χ4v) is 4.18. The number of imidazole rings is 1. The van der Waals surface area contributed by atoms with Crippen LogP contribution in [0.3, 0.4) is 0 Å². The van der Waals surface area contributed by atoms with E-state index in [0.717, 1.165) is 40.6 Å². The third kappa shape index (κ3) is 7.95. The Labute approximate surface area is 211 Å². The van der Waals surface area contributed by atoms with Crippen LogP contribution in [0.1, 0.15) is 44.5 Å². The topological polar surface area (TPSA) is 82.5 Å². The van der Waals surface area contributed by atoms with Gasteiger partial charge in [0.15, 0.2) is 5.16 Å². The van der Waals surface area contributed by atoms with Gasteiger partial charge >= 0.3 is 11.9 Å². The Hall–Kier alpha value is -2.71. The Bertz CT molecular complexity index is 1090. The monoisotopic (exact) mass is 505 g/mol. The molecule has 0 aliphatic heterocycles. The third-order valence-electron chi connectivity index (χ3n) is 4.60. The van der Waals surface area contributed by atoms with Gasteiger partial charge in [-0.2, -0.15) is 0 Å². The van der Waals surface area contributed by atoms with Crippen molar-refractivity contribution in [2.24, 2.45) is 0 Å². The molecule has 0 amide bonds. The molecule has 1 heterocycles. The van der Waals surface area contributed by atoms with Crippen LogP contribution in [-0.2, 0) is 20.8 Å². The van der Waals surface area contributed by atoms with Gasteiger partial charge in [0.2, 0.25) is 0 Å². The highest BCUT2D eigenvalue weighted by Crippen LogP contribution is 2.25. The molecule has 9 heteroatoms. The van der Waals surface area contributed by atoms with Crippen LogP contribution in [0.15, 0.2) is 53.7 Å². The second-order valence-electron chi connectivity index (χ2n) is 8.48. The van der Waals surface area contributed by atoms with Crippen LogP contribution >= 0.6 is 24.2 Å². The van der Waals surface area contributed by atoms with Crippen molar-refractivity contribution in [1.29, 1.82) is 0 Å². The fraction of sp³-hybridized carbons (Fsp3) is 0.400. The van der Waals surface area contributed by atoms with Crippen molar-refractivity contribution < 1.29 is 19.1 Å². The molecule has 7 nitrogen and oxygen atoms in total. The Morgan fingerprint density at radius 3 is 2.47 bits per heavy atom. The summed E-state index contributed by atoms with van der Waals surface area (Å²) in [5.41, 5.74) is 2.75. The molecule has 0 saturated heterocycles. The third-order valence-corrected chi connectivity index (χ3v) is 5.67. The number of nitrogens with zero attached hydrogens (tertiary/aromatic N) is 2. The van der Waals surface area contributed by atoms with Gasteiger partial charge in [0.05, 0.1) is 23.2 Å². The van der Waals surface area contributed by atoms with Crippen molar-refractivity contribution in [2.75, 3.05) is 24.2 Å². The number of para-hydroxylation sites is 2. The van der Waals surface area contributed by atoms with Crippen molar-refractivity contribution >= 4 is 52.8 Å². The number of rotatable bonds is 10. The van der Waals surface area contributed by atoms with Gasteiger partial charge in [0.25, 0.3) is 0 Å². The van der Waals surface area contributed by atoms with E-state index in [4.69, 9.17) is 14.5 Å². The SMILES string of the molecule is CCOC(=O)c1ccc(NCCCSc2nc3ccccc3n2CC(=O)OC(C)(C)C)cc1.Cl. The fourth-order valence-electron chi connectivity index (χ4n) is 3.23.